The quantitative estimate of drug-likeness (QED) is 0.337. The van der Waals surface area contributed by atoms with Crippen molar-refractivity contribution < 1.29 is 14.1 Å². The van der Waals surface area contributed by atoms with Crippen LogP contribution in [0.4, 0.5) is 10.1 Å². The van der Waals surface area contributed by atoms with E-state index in [0.29, 0.717) is 0 Å². The SMILES string of the molecule is N=C(N)COc1ccc(F)cc1[N+](=O)[O-]. The molecule has 3 N–H and O–H groups in total. The number of nitro groups is 1. The first kappa shape index (κ1) is 10.9. The number of nitrogens with zero attached hydrogens (tertiary/aromatic N) is 1. The molecule has 0 aliphatic carbocycles. The Morgan fingerprint density at radius 1 is 1.67 bits per heavy atom. The molecule has 6 nitrogen and oxygen atoms in total. The van der Waals surface area contributed by atoms with Gasteiger partial charge in [0.25, 0.3) is 0 Å². The molecule has 0 radical (unpaired) electrons. The first-order valence-corrected chi connectivity index (χ1v) is 3.90. The van der Waals surface area contributed by atoms with Crippen LogP contribution < -0.4 is 10.5 Å². The molecule has 0 aliphatic rings. The van der Waals surface area contributed by atoms with E-state index in [1.165, 1.54) is 0 Å². The van der Waals surface area contributed by atoms with Gasteiger partial charge in [-0.1, -0.05) is 0 Å². The van der Waals surface area contributed by atoms with E-state index >= 15 is 0 Å². The largest absolute Gasteiger partial charge is 0.479 e. The predicted molar refractivity (Wildman–Crippen MR) is 50.5 cm³/mol. The highest BCUT2D eigenvalue weighted by Crippen LogP contribution is 2.27. The highest BCUT2D eigenvalue weighted by atomic mass is 19.1. The maximum Gasteiger partial charge on any atom is 0.313 e. The zero-order valence-corrected chi connectivity index (χ0v) is 7.57. The molecular formula is C8H8FN3O3. The van der Waals surface area contributed by atoms with Gasteiger partial charge in [-0.25, -0.2) is 4.39 Å². The summed E-state index contributed by atoms with van der Waals surface area (Å²) in [6, 6.07) is 2.90. The van der Waals surface area contributed by atoms with Gasteiger partial charge in [0.1, 0.15) is 18.3 Å². The fourth-order valence-corrected chi connectivity index (χ4v) is 0.911. The summed E-state index contributed by atoms with van der Waals surface area (Å²) in [7, 11) is 0. The van der Waals surface area contributed by atoms with Gasteiger partial charge >= 0.3 is 5.69 Å². The molecule has 0 heterocycles. The van der Waals surface area contributed by atoms with Crippen molar-refractivity contribution in [2.45, 2.75) is 0 Å². The summed E-state index contributed by atoms with van der Waals surface area (Å²) in [6.07, 6.45) is 0. The van der Waals surface area contributed by atoms with E-state index in [4.69, 9.17) is 15.9 Å². The highest BCUT2D eigenvalue weighted by molar-refractivity contribution is 5.78. The Morgan fingerprint density at radius 2 is 2.33 bits per heavy atom. The minimum absolute atomic E-state index is 0.114. The van der Waals surface area contributed by atoms with Gasteiger partial charge in [0, 0.05) is 0 Å². The van der Waals surface area contributed by atoms with Crippen LogP contribution in [-0.4, -0.2) is 17.4 Å². The second kappa shape index (κ2) is 4.36. The summed E-state index contributed by atoms with van der Waals surface area (Å²) in [5.74, 6) is -1.11. The number of halogens is 1. The lowest BCUT2D eigenvalue weighted by Gasteiger charge is -2.04. The van der Waals surface area contributed by atoms with Gasteiger partial charge in [-0.3, -0.25) is 15.5 Å². The van der Waals surface area contributed by atoms with Crippen LogP contribution in [0, 0.1) is 21.3 Å². The number of nitrogens with one attached hydrogen (secondary N) is 1. The Morgan fingerprint density at radius 3 is 2.87 bits per heavy atom. The summed E-state index contributed by atoms with van der Waals surface area (Å²) in [4.78, 5) is 9.73. The van der Waals surface area contributed by atoms with Crippen LogP contribution in [0.15, 0.2) is 18.2 Å². The van der Waals surface area contributed by atoms with Gasteiger partial charge in [0.05, 0.1) is 11.0 Å². The zero-order valence-electron chi connectivity index (χ0n) is 7.57. The fraction of sp³-hybridized carbons (Fsp3) is 0.125. The molecule has 0 saturated carbocycles. The summed E-state index contributed by atoms with van der Waals surface area (Å²) < 4.78 is 17.5. The van der Waals surface area contributed by atoms with Gasteiger partial charge in [-0.05, 0) is 12.1 Å². The summed E-state index contributed by atoms with van der Waals surface area (Å²) in [5, 5.41) is 17.4. The molecule has 15 heavy (non-hydrogen) atoms. The maximum absolute atomic E-state index is 12.7. The molecular weight excluding hydrogens is 205 g/mol. The molecule has 0 spiro atoms. The maximum atomic E-state index is 12.7. The number of hydrogen-bond acceptors (Lipinski definition) is 4. The topological polar surface area (TPSA) is 102 Å². The summed E-state index contributed by atoms with van der Waals surface area (Å²) in [5.41, 5.74) is 4.52. The van der Waals surface area contributed by atoms with E-state index in [1.807, 2.05) is 0 Å². The van der Waals surface area contributed by atoms with E-state index in [-0.39, 0.29) is 18.2 Å². The molecule has 1 aromatic carbocycles. The lowest BCUT2D eigenvalue weighted by molar-refractivity contribution is -0.386. The highest BCUT2D eigenvalue weighted by Gasteiger charge is 2.16. The van der Waals surface area contributed by atoms with Crippen molar-refractivity contribution in [3.63, 3.8) is 0 Å². The van der Waals surface area contributed by atoms with E-state index in [1.54, 1.807) is 0 Å². The minimum atomic E-state index is -0.765. The first-order chi connectivity index (χ1) is 7.00. The second-order valence-electron chi connectivity index (χ2n) is 2.68. The minimum Gasteiger partial charge on any atom is -0.479 e. The van der Waals surface area contributed by atoms with Crippen LogP contribution in [0.5, 0.6) is 5.75 Å². The summed E-state index contributed by atoms with van der Waals surface area (Å²) in [6.45, 7) is -0.271. The Balaban J connectivity index is 2.95. The van der Waals surface area contributed by atoms with Crippen LogP contribution in [-0.2, 0) is 0 Å². The third-order valence-electron chi connectivity index (χ3n) is 1.50. The molecule has 1 aromatic rings. The number of benzene rings is 1. The van der Waals surface area contributed by atoms with Crippen LogP contribution >= 0.6 is 0 Å². The number of ether oxygens (including phenoxy) is 1. The smallest absolute Gasteiger partial charge is 0.313 e. The van der Waals surface area contributed by atoms with Crippen LogP contribution in [0.3, 0.4) is 0 Å². The van der Waals surface area contributed by atoms with E-state index in [0.717, 1.165) is 18.2 Å². The zero-order chi connectivity index (χ0) is 11.4. The standard InChI is InChI=1S/C8H8FN3O3/c9-5-1-2-7(15-4-8(10)11)6(3-5)12(13)14/h1-3H,4H2,(H3,10,11). The molecule has 0 amide bonds. The first-order valence-electron chi connectivity index (χ1n) is 3.90. The Bertz CT molecular complexity index is 408. The molecule has 0 bridgehead atoms. The molecule has 80 valence electrons. The van der Waals surface area contributed by atoms with Crippen molar-refractivity contribution in [2.24, 2.45) is 5.73 Å². The van der Waals surface area contributed by atoms with Crippen molar-refractivity contribution in [3.8, 4) is 5.75 Å². The summed E-state index contributed by atoms with van der Waals surface area (Å²) >= 11 is 0. The van der Waals surface area contributed by atoms with Gasteiger partial charge in [-0.15, -0.1) is 0 Å². The number of nitrogens with two attached hydrogens (primary N) is 1. The van der Waals surface area contributed by atoms with Gasteiger partial charge < -0.3 is 10.5 Å². The number of amidine groups is 1. The molecule has 0 fully saturated rings. The lowest BCUT2D eigenvalue weighted by atomic mass is 10.3. The van der Waals surface area contributed by atoms with E-state index < -0.39 is 16.4 Å². The normalized spacial score (nSPS) is 9.67. The van der Waals surface area contributed by atoms with Crippen molar-refractivity contribution in [2.75, 3.05) is 6.61 Å². The Labute approximate surface area is 84.1 Å². The van der Waals surface area contributed by atoms with E-state index in [9.17, 15) is 14.5 Å². The molecule has 0 atom stereocenters. The monoisotopic (exact) mass is 213 g/mol. The molecule has 0 unspecified atom stereocenters. The molecule has 1 rings (SSSR count). The van der Waals surface area contributed by atoms with E-state index in [2.05, 4.69) is 0 Å². The lowest BCUT2D eigenvalue weighted by Crippen LogP contribution is -2.19. The fourth-order valence-electron chi connectivity index (χ4n) is 0.911. The van der Waals surface area contributed by atoms with Crippen LogP contribution in [0.25, 0.3) is 0 Å². The van der Waals surface area contributed by atoms with Crippen molar-refractivity contribution in [1.29, 1.82) is 5.41 Å². The molecule has 7 heteroatoms. The van der Waals surface area contributed by atoms with Crippen LogP contribution in [0.2, 0.25) is 0 Å². The van der Waals surface area contributed by atoms with Crippen molar-refractivity contribution in [1.82, 2.24) is 0 Å². The Kier molecular flexibility index (Phi) is 3.17. The third kappa shape index (κ3) is 2.90. The average molecular weight is 213 g/mol. The predicted octanol–water partition coefficient (Wildman–Crippen LogP) is 1.05. The number of nitro benzene ring substituents is 1. The third-order valence-corrected chi connectivity index (χ3v) is 1.50. The molecule has 0 aromatic heterocycles. The van der Waals surface area contributed by atoms with Gasteiger partial charge in [-0.2, -0.15) is 0 Å². The second-order valence-corrected chi connectivity index (χ2v) is 2.68. The Hall–Kier alpha value is -2.18. The molecule has 0 aliphatic heterocycles. The number of rotatable bonds is 4. The molecule has 0 saturated heterocycles. The van der Waals surface area contributed by atoms with Gasteiger partial charge in [0.15, 0.2) is 5.75 Å². The van der Waals surface area contributed by atoms with Gasteiger partial charge in [0.2, 0.25) is 0 Å². The van der Waals surface area contributed by atoms with Crippen LogP contribution in [0.1, 0.15) is 0 Å². The average Bonchev–Trinajstić information content (AvgIpc) is 2.15. The van der Waals surface area contributed by atoms with Crippen molar-refractivity contribution in [3.05, 3.63) is 34.1 Å². The van der Waals surface area contributed by atoms with Crippen molar-refractivity contribution >= 4 is 11.5 Å². The number of hydrogen-bond donors (Lipinski definition) is 2.